The number of ether oxygens (including phenoxy) is 1. The Labute approximate surface area is 488 Å². The van der Waals surface area contributed by atoms with Crippen molar-refractivity contribution in [1.82, 2.24) is 5.32 Å². The minimum atomic E-state index is -0.662. The molecule has 0 aliphatic carbocycles. The number of hydrogen-bond acceptors (Lipinski definition) is 5. The molecule has 0 aromatic heterocycles. The summed E-state index contributed by atoms with van der Waals surface area (Å²) in [6.45, 7) is 4.98. The van der Waals surface area contributed by atoms with E-state index in [0.717, 1.165) is 44.9 Å². The van der Waals surface area contributed by atoms with Crippen LogP contribution in [0.15, 0.2) is 24.3 Å². The quantitative estimate of drug-likeness (QED) is 0.0320. The predicted molar refractivity (Wildman–Crippen MR) is 343 cm³/mol. The van der Waals surface area contributed by atoms with E-state index in [1.807, 2.05) is 0 Å². The second kappa shape index (κ2) is 67.8. The molecule has 0 spiro atoms. The maximum absolute atomic E-state index is 12.5. The van der Waals surface area contributed by atoms with E-state index >= 15 is 0 Å². The fourth-order valence-corrected chi connectivity index (χ4v) is 11.3. The minimum absolute atomic E-state index is 0.0149. The highest BCUT2D eigenvalue weighted by molar-refractivity contribution is 5.76. The Bertz CT molecular complexity index is 1220. The molecule has 0 bridgehead atoms. The summed E-state index contributed by atoms with van der Waals surface area (Å²) in [5.74, 6) is -0.0166. The van der Waals surface area contributed by atoms with Crippen molar-refractivity contribution in [3.8, 4) is 0 Å². The SMILES string of the molecule is CCCCCCCCC/C=C\CCCCCCCCCC(=O)OCCCCCCCCCCCCCC/C=C\CCCCCCCCCCCCCCCCC(=O)NC(CO)C(O)CCCCCCCCCCCCCCC. The molecule has 78 heavy (non-hydrogen) atoms. The monoisotopic (exact) mass is 1100 g/mol. The van der Waals surface area contributed by atoms with Gasteiger partial charge in [-0.05, 0) is 77.0 Å². The summed E-state index contributed by atoms with van der Waals surface area (Å²) < 4.78 is 5.51. The highest BCUT2D eigenvalue weighted by atomic mass is 16.5. The molecule has 0 radical (unpaired) electrons. The van der Waals surface area contributed by atoms with Crippen molar-refractivity contribution in [2.45, 2.75) is 411 Å². The first kappa shape index (κ1) is 76.3. The Morgan fingerprint density at radius 3 is 0.910 bits per heavy atom. The first-order chi connectivity index (χ1) is 38.5. The number of amides is 1. The molecule has 0 saturated heterocycles. The molecule has 6 heteroatoms. The molecular formula is C72H139NO5. The molecule has 0 aromatic rings. The molecule has 3 N–H and O–H groups in total. The lowest BCUT2D eigenvalue weighted by Gasteiger charge is -2.22. The number of allylic oxidation sites excluding steroid dienone is 4. The van der Waals surface area contributed by atoms with Crippen LogP contribution < -0.4 is 5.32 Å². The van der Waals surface area contributed by atoms with Gasteiger partial charge in [-0.2, -0.15) is 0 Å². The smallest absolute Gasteiger partial charge is 0.305 e. The number of carbonyl (C=O) groups is 2. The summed E-state index contributed by atoms with van der Waals surface area (Å²) in [5.41, 5.74) is 0. The largest absolute Gasteiger partial charge is 0.466 e. The van der Waals surface area contributed by atoms with Crippen LogP contribution in [0.4, 0.5) is 0 Å². The normalized spacial score (nSPS) is 12.6. The van der Waals surface area contributed by atoms with E-state index in [1.54, 1.807) is 0 Å². The lowest BCUT2D eigenvalue weighted by molar-refractivity contribution is -0.143. The van der Waals surface area contributed by atoms with Gasteiger partial charge in [-0.3, -0.25) is 9.59 Å². The molecule has 0 aliphatic rings. The summed E-state index contributed by atoms with van der Waals surface area (Å²) in [6.07, 6.45) is 85.2. The summed E-state index contributed by atoms with van der Waals surface area (Å²) in [6, 6.07) is -0.539. The van der Waals surface area contributed by atoms with Crippen LogP contribution in [-0.2, 0) is 14.3 Å². The topological polar surface area (TPSA) is 95.9 Å². The van der Waals surface area contributed by atoms with Crippen LogP contribution in [0.25, 0.3) is 0 Å². The molecule has 0 aromatic carbocycles. The summed E-state index contributed by atoms with van der Waals surface area (Å²) in [5, 5.41) is 23.3. The Morgan fingerprint density at radius 1 is 0.346 bits per heavy atom. The number of rotatable bonds is 67. The maximum atomic E-state index is 12.5. The lowest BCUT2D eigenvalue weighted by atomic mass is 10.0. The zero-order chi connectivity index (χ0) is 56.4. The van der Waals surface area contributed by atoms with Gasteiger partial charge < -0.3 is 20.3 Å². The lowest BCUT2D eigenvalue weighted by Crippen LogP contribution is -2.45. The van der Waals surface area contributed by atoms with Crippen molar-refractivity contribution in [3.63, 3.8) is 0 Å². The van der Waals surface area contributed by atoms with Gasteiger partial charge in [0.2, 0.25) is 5.91 Å². The number of unbranched alkanes of at least 4 members (excludes halogenated alkanes) is 52. The van der Waals surface area contributed by atoms with Crippen LogP contribution in [0.5, 0.6) is 0 Å². The average Bonchev–Trinajstić information content (AvgIpc) is 3.44. The van der Waals surface area contributed by atoms with Crippen LogP contribution in [-0.4, -0.2) is 47.4 Å². The second-order valence-electron chi connectivity index (χ2n) is 24.6. The average molecular weight is 1100 g/mol. The summed E-state index contributed by atoms with van der Waals surface area (Å²) >= 11 is 0. The molecule has 2 unspecified atom stereocenters. The van der Waals surface area contributed by atoms with Crippen LogP contribution in [0.1, 0.15) is 399 Å². The van der Waals surface area contributed by atoms with Crippen LogP contribution in [0.3, 0.4) is 0 Å². The van der Waals surface area contributed by atoms with Gasteiger partial charge in [-0.1, -0.05) is 334 Å². The van der Waals surface area contributed by atoms with Gasteiger partial charge >= 0.3 is 5.97 Å². The van der Waals surface area contributed by atoms with Gasteiger partial charge in [0, 0.05) is 12.8 Å². The van der Waals surface area contributed by atoms with Crippen molar-refractivity contribution in [2.75, 3.05) is 13.2 Å². The number of esters is 1. The van der Waals surface area contributed by atoms with Crippen LogP contribution in [0.2, 0.25) is 0 Å². The maximum Gasteiger partial charge on any atom is 0.305 e. The molecule has 0 aliphatic heterocycles. The first-order valence-corrected chi connectivity index (χ1v) is 35.6. The highest BCUT2D eigenvalue weighted by Gasteiger charge is 2.20. The van der Waals surface area contributed by atoms with Gasteiger partial charge in [-0.25, -0.2) is 0 Å². The van der Waals surface area contributed by atoms with Crippen LogP contribution in [0, 0.1) is 0 Å². The van der Waals surface area contributed by atoms with Crippen molar-refractivity contribution in [2.24, 2.45) is 0 Å². The molecular weight excluding hydrogens is 959 g/mol. The number of aliphatic hydroxyl groups excluding tert-OH is 2. The Balaban J connectivity index is 3.34. The van der Waals surface area contributed by atoms with Gasteiger partial charge in [0.25, 0.3) is 0 Å². The van der Waals surface area contributed by atoms with Gasteiger partial charge in [0.15, 0.2) is 0 Å². The number of carbonyl (C=O) groups excluding carboxylic acids is 2. The van der Waals surface area contributed by atoms with E-state index in [0.29, 0.717) is 25.9 Å². The van der Waals surface area contributed by atoms with E-state index in [1.165, 1.54) is 321 Å². The minimum Gasteiger partial charge on any atom is -0.466 e. The molecule has 1 amide bonds. The summed E-state index contributed by atoms with van der Waals surface area (Å²) in [4.78, 5) is 24.6. The molecule has 0 saturated carbocycles. The van der Waals surface area contributed by atoms with E-state index in [2.05, 4.69) is 43.5 Å². The van der Waals surface area contributed by atoms with Crippen molar-refractivity contribution >= 4 is 11.9 Å². The fraction of sp³-hybridized carbons (Fsp3) is 0.917. The zero-order valence-electron chi connectivity index (χ0n) is 52.9. The van der Waals surface area contributed by atoms with E-state index < -0.39 is 12.1 Å². The number of hydrogen-bond donors (Lipinski definition) is 3. The van der Waals surface area contributed by atoms with Gasteiger partial charge in [0.1, 0.15) is 0 Å². The zero-order valence-corrected chi connectivity index (χ0v) is 52.9. The van der Waals surface area contributed by atoms with Crippen molar-refractivity contribution in [1.29, 1.82) is 0 Å². The third kappa shape index (κ3) is 63.5. The van der Waals surface area contributed by atoms with Crippen molar-refractivity contribution in [3.05, 3.63) is 24.3 Å². The first-order valence-electron chi connectivity index (χ1n) is 35.6. The standard InChI is InChI=1S/C72H139NO5/c1-3-5-7-9-11-13-15-17-18-19-35-38-42-46-50-54-58-62-66-72(77)78-67-63-59-55-51-47-43-39-36-33-31-29-27-25-23-21-20-22-24-26-28-30-32-34-37-41-45-49-53-57-61-65-71(76)73-69(68-74)70(75)64-60-56-52-48-44-40-16-14-12-10-8-6-4-2/h18-19,21,23,69-70,74-75H,3-17,20,22,24-68H2,1-2H3,(H,73,76)/b19-18-,23-21-. The molecule has 0 heterocycles. The molecule has 2 atom stereocenters. The Kier molecular flexibility index (Phi) is 66.4. The van der Waals surface area contributed by atoms with Crippen LogP contribution >= 0.6 is 0 Å². The van der Waals surface area contributed by atoms with Gasteiger partial charge in [0.05, 0.1) is 25.4 Å². The number of nitrogens with one attached hydrogen (secondary N) is 1. The second-order valence-corrected chi connectivity index (χ2v) is 24.6. The van der Waals surface area contributed by atoms with E-state index in [-0.39, 0.29) is 18.5 Å². The molecule has 6 nitrogen and oxygen atoms in total. The number of aliphatic hydroxyl groups is 2. The summed E-state index contributed by atoms with van der Waals surface area (Å²) in [7, 11) is 0. The van der Waals surface area contributed by atoms with E-state index in [4.69, 9.17) is 4.74 Å². The predicted octanol–water partition coefficient (Wildman–Crippen LogP) is 22.9. The third-order valence-electron chi connectivity index (χ3n) is 16.7. The fourth-order valence-electron chi connectivity index (χ4n) is 11.3. The molecule has 0 rings (SSSR count). The molecule has 462 valence electrons. The van der Waals surface area contributed by atoms with Crippen molar-refractivity contribution < 1.29 is 24.5 Å². The highest BCUT2D eigenvalue weighted by Crippen LogP contribution is 2.19. The Morgan fingerprint density at radius 2 is 0.603 bits per heavy atom. The third-order valence-corrected chi connectivity index (χ3v) is 16.7. The van der Waals surface area contributed by atoms with E-state index in [9.17, 15) is 19.8 Å². The Hall–Kier alpha value is -1.66. The van der Waals surface area contributed by atoms with Gasteiger partial charge in [-0.15, -0.1) is 0 Å². The molecule has 0 fully saturated rings.